The Balaban J connectivity index is 0.000000360. The minimum atomic E-state index is -5.08. The molecule has 2 aromatic rings. The second-order valence-electron chi connectivity index (χ2n) is 8.03. The Morgan fingerprint density at radius 1 is 1.38 bits per heavy atom. The summed E-state index contributed by atoms with van der Waals surface area (Å²) in [5.74, 6) is -1.16. The van der Waals surface area contributed by atoms with Crippen molar-refractivity contribution in [2.45, 2.75) is 57.5 Å². The number of hydrogen-bond acceptors (Lipinski definition) is 7. The highest BCUT2D eigenvalue weighted by Gasteiger charge is 2.44. The van der Waals surface area contributed by atoms with Gasteiger partial charge in [-0.05, 0) is 39.3 Å². The van der Waals surface area contributed by atoms with Gasteiger partial charge in [-0.1, -0.05) is 11.2 Å². The van der Waals surface area contributed by atoms with Gasteiger partial charge in [0.2, 0.25) is 5.88 Å². The topological polar surface area (TPSA) is 97.9 Å². The number of halogens is 3. The fraction of sp³-hybridized carbons (Fsp3) is 0.571. The van der Waals surface area contributed by atoms with Crippen molar-refractivity contribution in [3.05, 3.63) is 41.4 Å². The van der Waals surface area contributed by atoms with Crippen LogP contribution in [0.3, 0.4) is 0 Å². The molecule has 4 heterocycles. The molecular weight excluding hydrogens is 431 g/mol. The average Bonchev–Trinajstić information content (AvgIpc) is 3.26. The Morgan fingerprint density at radius 3 is 2.72 bits per heavy atom. The molecule has 2 atom stereocenters. The Bertz CT molecular complexity index is 886. The van der Waals surface area contributed by atoms with E-state index >= 15 is 0 Å². The van der Waals surface area contributed by atoms with E-state index in [1.807, 2.05) is 32.0 Å². The number of carboxylic acid groups (broad SMARTS) is 1. The number of alkyl halides is 3. The van der Waals surface area contributed by atoms with Crippen LogP contribution in [0.25, 0.3) is 0 Å². The minimum absolute atomic E-state index is 0.0777. The van der Waals surface area contributed by atoms with Crippen molar-refractivity contribution in [2.24, 2.45) is 0 Å². The molecule has 8 nitrogen and oxygen atoms in total. The first-order chi connectivity index (χ1) is 15.1. The number of aromatic nitrogens is 2. The fourth-order valence-electron chi connectivity index (χ4n) is 4.03. The normalized spacial score (nSPS) is 23.6. The molecule has 0 radical (unpaired) electrons. The summed E-state index contributed by atoms with van der Waals surface area (Å²) < 4.78 is 49.3. The second-order valence-corrected chi connectivity index (χ2v) is 8.03. The Labute approximate surface area is 183 Å². The van der Waals surface area contributed by atoms with Crippen LogP contribution in [0.15, 0.2) is 28.9 Å². The number of aliphatic carboxylic acids is 1. The molecule has 2 saturated heterocycles. The molecule has 0 aromatic carbocycles. The zero-order valence-corrected chi connectivity index (χ0v) is 17.9. The van der Waals surface area contributed by atoms with Gasteiger partial charge in [-0.15, -0.1) is 0 Å². The van der Waals surface area contributed by atoms with Crippen LogP contribution in [-0.4, -0.2) is 63.7 Å². The molecular formula is C21H26F3N3O5. The first-order valence-electron chi connectivity index (χ1n) is 10.2. The van der Waals surface area contributed by atoms with Gasteiger partial charge >= 0.3 is 12.1 Å². The maximum atomic E-state index is 10.6. The molecule has 2 aliphatic heterocycles. The van der Waals surface area contributed by atoms with E-state index in [1.54, 1.807) is 6.20 Å². The van der Waals surface area contributed by atoms with E-state index in [-0.39, 0.29) is 11.7 Å². The molecule has 0 unspecified atom stereocenters. The number of hydrogen-bond donors (Lipinski definition) is 1. The number of carboxylic acids is 1. The summed E-state index contributed by atoms with van der Waals surface area (Å²) in [5, 5.41) is 11.2. The standard InChI is InChI=1S/C19H25N3O3.C2HF3O2/c1-14-17(15(2)25-21-14)11-22-9-5-7-19(13-22)10-16(12-23-19)24-18-6-3-4-8-20-18;3-2(4,5)1(6)7/h3-4,6,8,16H,5,7,9-13H2,1-2H3;(H,6,7)/t16-,19+;/m1./s1. The molecule has 1 spiro atoms. The fourth-order valence-corrected chi connectivity index (χ4v) is 4.03. The molecule has 4 rings (SSSR count). The summed E-state index contributed by atoms with van der Waals surface area (Å²) in [7, 11) is 0. The number of rotatable bonds is 4. The predicted molar refractivity (Wildman–Crippen MR) is 106 cm³/mol. The zero-order chi connectivity index (χ0) is 23.4. The maximum Gasteiger partial charge on any atom is 0.490 e. The molecule has 11 heteroatoms. The van der Waals surface area contributed by atoms with Crippen LogP contribution < -0.4 is 4.74 Å². The molecule has 0 bridgehead atoms. The smallest absolute Gasteiger partial charge is 0.475 e. The Kier molecular flexibility index (Phi) is 7.40. The van der Waals surface area contributed by atoms with Crippen LogP contribution in [-0.2, 0) is 16.1 Å². The van der Waals surface area contributed by atoms with Crippen LogP contribution in [0, 0.1) is 13.8 Å². The highest BCUT2D eigenvalue weighted by atomic mass is 19.4. The molecule has 2 fully saturated rings. The van der Waals surface area contributed by atoms with Gasteiger partial charge in [-0.3, -0.25) is 4.90 Å². The van der Waals surface area contributed by atoms with Crippen LogP contribution in [0.4, 0.5) is 13.2 Å². The molecule has 1 N–H and O–H groups in total. The number of aryl methyl sites for hydroxylation is 2. The lowest BCUT2D eigenvalue weighted by atomic mass is 9.89. The van der Waals surface area contributed by atoms with Crippen LogP contribution in [0.5, 0.6) is 5.88 Å². The predicted octanol–water partition coefficient (Wildman–Crippen LogP) is 3.52. The summed E-state index contributed by atoms with van der Waals surface area (Å²) in [6.07, 6.45) is -0.101. The largest absolute Gasteiger partial charge is 0.490 e. The van der Waals surface area contributed by atoms with E-state index in [9.17, 15) is 13.2 Å². The van der Waals surface area contributed by atoms with Gasteiger partial charge in [-0.25, -0.2) is 9.78 Å². The van der Waals surface area contributed by atoms with Crippen LogP contribution in [0.2, 0.25) is 0 Å². The summed E-state index contributed by atoms with van der Waals surface area (Å²) >= 11 is 0. The number of likely N-dealkylation sites (tertiary alicyclic amines) is 1. The lowest BCUT2D eigenvalue weighted by Crippen LogP contribution is -2.47. The molecule has 0 aliphatic carbocycles. The van der Waals surface area contributed by atoms with Crippen LogP contribution in [0.1, 0.15) is 36.3 Å². The molecule has 0 amide bonds. The van der Waals surface area contributed by atoms with Crippen molar-refractivity contribution in [1.82, 2.24) is 15.0 Å². The van der Waals surface area contributed by atoms with Gasteiger partial charge < -0.3 is 19.1 Å². The SMILES string of the molecule is Cc1noc(C)c1CN1CCC[C@]2(C[C@@H](Oc3ccccn3)CO2)C1.O=C(O)C(F)(F)F. The van der Waals surface area contributed by atoms with Gasteiger partial charge in [0, 0.05) is 37.3 Å². The number of nitrogens with zero attached hydrogens (tertiary/aromatic N) is 3. The number of ether oxygens (including phenoxy) is 2. The van der Waals surface area contributed by atoms with Crippen molar-refractivity contribution in [3.8, 4) is 5.88 Å². The lowest BCUT2D eigenvalue weighted by molar-refractivity contribution is -0.192. The summed E-state index contributed by atoms with van der Waals surface area (Å²) in [4.78, 5) is 15.6. The Hall–Kier alpha value is -2.66. The third-order valence-electron chi connectivity index (χ3n) is 5.52. The van der Waals surface area contributed by atoms with Crippen molar-refractivity contribution in [1.29, 1.82) is 0 Å². The van der Waals surface area contributed by atoms with Crippen molar-refractivity contribution in [2.75, 3.05) is 19.7 Å². The van der Waals surface area contributed by atoms with Crippen molar-refractivity contribution >= 4 is 5.97 Å². The second kappa shape index (κ2) is 9.86. The highest BCUT2D eigenvalue weighted by Crippen LogP contribution is 2.36. The maximum absolute atomic E-state index is 10.6. The number of pyridine rings is 1. The average molecular weight is 457 g/mol. The van der Waals surface area contributed by atoms with Crippen LogP contribution >= 0.6 is 0 Å². The van der Waals surface area contributed by atoms with Gasteiger partial charge in [-0.2, -0.15) is 13.2 Å². The Morgan fingerprint density at radius 2 is 2.12 bits per heavy atom. The van der Waals surface area contributed by atoms with Crippen molar-refractivity contribution in [3.63, 3.8) is 0 Å². The van der Waals surface area contributed by atoms with E-state index in [2.05, 4.69) is 15.0 Å². The van der Waals surface area contributed by atoms with E-state index < -0.39 is 12.1 Å². The minimum Gasteiger partial charge on any atom is -0.475 e. The van der Waals surface area contributed by atoms with E-state index in [0.717, 1.165) is 50.4 Å². The summed E-state index contributed by atoms with van der Waals surface area (Å²) in [6, 6.07) is 5.74. The summed E-state index contributed by atoms with van der Waals surface area (Å²) in [5.41, 5.74) is 2.09. The van der Waals surface area contributed by atoms with Gasteiger partial charge in [0.25, 0.3) is 0 Å². The lowest BCUT2D eigenvalue weighted by Gasteiger charge is -2.39. The van der Waals surface area contributed by atoms with Gasteiger partial charge in [0.15, 0.2) is 0 Å². The third kappa shape index (κ3) is 6.19. The number of piperidine rings is 1. The van der Waals surface area contributed by atoms with E-state index in [4.69, 9.17) is 23.9 Å². The monoisotopic (exact) mass is 457 g/mol. The third-order valence-corrected chi connectivity index (χ3v) is 5.52. The van der Waals surface area contributed by atoms with E-state index in [0.29, 0.717) is 12.5 Å². The summed E-state index contributed by atoms with van der Waals surface area (Å²) in [6.45, 7) is 7.51. The molecule has 32 heavy (non-hydrogen) atoms. The van der Waals surface area contributed by atoms with E-state index in [1.165, 1.54) is 5.56 Å². The highest BCUT2D eigenvalue weighted by molar-refractivity contribution is 5.73. The first kappa shape index (κ1) is 24.0. The van der Waals surface area contributed by atoms with Gasteiger partial charge in [0.1, 0.15) is 11.9 Å². The number of carbonyl (C=O) groups is 1. The zero-order valence-electron chi connectivity index (χ0n) is 17.9. The van der Waals surface area contributed by atoms with Crippen molar-refractivity contribution < 1.29 is 37.1 Å². The van der Waals surface area contributed by atoms with Gasteiger partial charge in [0.05, 0.1) is 17.9 Å². The molecule has 176 valence electrons. The molecule has 2 aliphatic rings. The first-order valence-corrected chi connectivity index (χ1v) is 10.2. The quantitative estimate of drug-likeness (QED) is 0.745. The molecule has 2 aromatic heterocycles. The molecule has 0 saturated carbocycles.